The highest BCUT2D eigenvalue weighted by Gasteiger charge is 2.30. The molecule has 0 saturated heterocycles. The smallest absolute Gasteiger partial charge is 0.154 e. The van der Waals surface area contributed by atoms with Crippen molar-refractivity contribution in [3.63, 3.8) is 0 Å². The fraction of sp³-hybridized carbons (Fsp3) is 1.00. The van der Waals surface area contributed by atoms with Crippen molar-refractivity contribution in [3.8, 4) is 0 Å². The largest absolute Gasteiger partial charge is 0.396 e. The first-order valence-electron chi connectivity index (χ1n) is 5.99. The minimum atomic E-state index is -0.167. The van der Waals surface area contributed by atoms with E-state index in [1.807, 2.05) is 6.92 Å². The first-order chi connectivity index (χ1) is 7.71. The van der Waals surface area contributed by atoms with Crippen LogP contribution in [0.25, 0.3) is 0 Å². The number of hydrogen-bond donors (Lipinski definition) is 1. The summed E-state index contributed by atoms with van der Waals surface area (Å²) >= 11 is 0. The molecule has 0 radical (unpaired) electrons. The second kappa shape index (κ2) is 7.22. The van der Waals surface area contributed by atoms with E-state index < -0.39 is 0 Å². The summed E-state index contributed by atoms with van der Waals surface area (Å²) in [6.45, 7) is 2.76. The molecule has 1 N–H and O–H groups in total. The van der Waals surface area contributed by atoms with Crippen LogP contribution in [0.3, 0.4) is 0 Å². The van der Waals surface area contributed by atoms with Crippen molar-refractivity contribution in [1.29, 1.82) is 0 Å². The van der Waals surface area contributed by atoms with Gasteiger partial charge < -0.3 is 19.3 Å². The first kappa shape index (κ1) is 13.9. The highest BCUT2D eigenvalue weighted by molar-refractivity contribution is 4.80. The van der Waals surface area contributed by atoms with E-state index in [0.717, 1.165) is 19.3 Å². The molecule has 0 aromatic carbocycles. The van der Waals surface area contributed by atoms with E-state index >= 15 is 0 Å². The minimum absolute atomic E-state index is 0.167. The normalized spacial score (nSPS) is 32.6. The van der Waals surface area contributed by atoms with E-state index in [-0.39, 0.29) is 12.9 Å². The molecule has 4 unspecified atom stereocenters. The second-order valence-electron chi connectivity index (χ2n) is 4.51. The van der Waals surface area contributed by atoms with Crippen LogP contribution in [0.15, 0.2) is 0 Å². The van der Waals surface area contributed by atoms with Crippen molar-refractivity contribution in [2.24, 2.45) is 11.8 Å². The summed E-state index contributed by atoms with van der Waals surface area (Å²) in [5.74, 6) is 0.719. The van der Waals surface area contributed by atoms with Gasteiger partial charge >= 0.3 is 0 Å². The molecular formula is C12H24O4. The van der Waals surface area contributed by atoms with Gasteiger partial charge in [-0.3, -0.25) is 0 Å². The third kappa shape index (κ3) is 4.01. The minimum Gasteiger partial charge on any atom is -0.396 e. The monoisotopic (exact) mass is 232 g/mol. The van der Waals surface area contributed by atoms with Crippen LogP contribution >= 0.6 is 0 Å². The average Bonchev–Trinajstić information content (AvgIpc) is 2.35. The Balaban J connectivity index is 2.35. The van der Waals surface area contributed by atoms with Crippen molar-refractivity contribution in [2.75, 3.05) is 27.4 Å². The predicted molar refractivity (Wildman–Crippen MR) is 61.1 cm³/mol. The second-order valence-corrected chi connectivity index (χ2v) is 4.51. The van der Waals surface area contributed by atoms with Crippen molar-refractivity contribution in [2.45, 2.75) is 38.6 Å². The zero-order valence-corrected chi connectivity index (χ0v) is 10.5. The van der Waals surface area contributed by atoms with Crippen LogP contribution in [0.1, 0.15) is 26.2 Å². The number of aliphatic hydroxyl groups excluding tert-OH is 1. The van der Waals surface area contributed by atoms with Crippen LogP contribution in [0.2, 0.25) is 0 Å². The summed E-state index contributed by atoms with van der Waals surface area (Å²) in [4.78, 5) is 0. The van der Waals surface area contributed by atoms with Gasteiger partial charge in [0.15, 0.2) is 6.29 Å². The van der Waals surface area contributed by atoms with Crippen LogP contribution in [0.4, 0.5) is 0 Å². The van der Waals surface area contributed by atoms with Gasteiger partial charge in [0.2, 0.25) is 0 Å². The van der Waals surface area contributed by atoms with E-state index in [0.29, 0.717) is 24.5 Å². The molecule has 16 heavy (non-hydrogen) atoms. The lowest BCUT2D eigenvalue weighted by atomic mass is 9.78. The van der Waals surface area contributed by atoms with Gasteiger partial charge in [-0.15, -0.1) is 0 Å². The zero-order valence-electron chi connectivity index (χ0n) is 10.5. The summed E-state index contributed by atoms with van der Waals surface area (Å²) in [5, 5.41) is 9.35. The molecule has 1 aliphatic rings. The third-order valence-electron chi connectivity index (χ3n) is 3.54. The molecule has 0 aliphatic heterocycles. The van der Waals surface area contributed by atoms with Crippen molar-refractivity contribution < 1.29 is 19.3 Å². The van der Waals surface area contributed by atoms with Gasteiger partial charge in [-0.2, -0.15) is 0 Å². The lowest BCUT2D eigenvalue weighted by Gasteiger charge is -2.34. The summed E-state index contributed by atoms with van der Waals surface area (Å²) in [7, 11) is 3.37. The van der Waals surface area contributed by atoms with Gasteiger partial charge in [0.25, 0.3) is 0 Å². The number of hydrogen-bond acceptors (Lipinski definition) is 4. The van der Waals surface area contributed by atoms with E-state index in [2.05, 4.69) is 0 Å². The molecule has 0 aromatic heterocycles. The topological polar surface area (TPSA) is 47.9 Å². The highest BCUT2D eigenvalue weighted by Crippen LogP contribution is 2.31. The molecule has 4 atom stereocenters. The molecule has 0 bridgehead atoms. The summed E-state index contributed by atoms with van der Waals surface area (Å²) in [5.41, 5.74) is 0. The Bertz CT molecular complexity index is 186. The molecule has 0 amide bonds. The van der Waals surface area contributed by atoms with Crippen LogP contribution in [0.5, 0.6) is 0 Å². The molecule has 0 aromatic rings. The summed E-state index contributed by atoms with van der Waals surface area (Å²) in [6.07, 6.45) is 3.18. The Labute approximate surface area is 97.9 Å². The molecule has 1 saturated carbocycles. The number of rotatable bonds is 6. The maximum absolute atomic E-state index is 9.35. The zero-order chi connectivity index (χ0) is 12.0. The lowest BCUT2D eigenvalue weighted by molar-refractivity contribution is -0.132. The Kier molecular flexibility index (Phi) is 6.28. The lowest BCUT2D eigenvalue weighted by Crippen LogP contribution is -2.34. The van der Waals surface area contributed by atoms with Crippen LogP contribution in [0, 0.1) is 11.8 Å². The average molecular weight is 232 g/mol. The third-order valence-corrected chi connectivity index (χ3v) is 3.54. The molecule has 0 spiro atoms. The van der Waals surface area contributed by atoms with Crippen LogP contribution in [-0.4, -0.2) is 44.9 Å². The van der Waals surface area contributed by atoms with Gasteiger partial charge in [-0.1, -0.05) is 0 Å². The molecule has 1 rings (SSSR count). The molecule has 1 fully saturated rings. The number of aliphatic hydroxyl groups is 1. The van der Waals surface area contributed by atoms with E-state index in [1.165, 1.54) is 0 Å². The van der Waals surface area contributed by atoms with Crippen molar-refractivity contribution >= 4 is 0 Å². The van der Waals surface area contributed by atoms with Gasteiger partial charge in [-0.05, 0) is 38.0 Å². The molecule has 96 valence electrons. The molecule has 1 aliphatic carbocycles. The maximum atomic E-state index is 9.35. The summed E-state index contributed by atoms with van der Waals surface area (Å²) < 4.78 is 15.9. The van der Waals surface area contributed by atoms with Crippen LogP contribution in [-0.2, 0) is 14.2 Å². The van der Waals surface area contributed by atoms with E-state index in [9.17, 15) is 5.11 Å². The Morgan fingerprint density at radius 3 is 2.56 bits per heavy atom. The van der Waals surface area contributed by atoms with Gasteiger partial charge in [-0.25, -0.2) is 0 Å². The first-order valence-corrected chi connectivity index (χ1v) is 5.99. The molecule has 4 nitrogen and oxygen atoms in total. The van der Waals surface area contributed by atoms with Gasteiger partial charge in [0, 0.05) is 20.8 Å². The van der Waals surface area contributed by atoms with Crippen molar-refractivity contribution in [1.82, 2.24) is 0 Å². The molecule has 4 heteroatoms. The van der Waals surface area contributed by atoms with E-state index in [1.54, 1.807) is 14.2 Å². The fourth-order valence-electron chi connectivity index (χ4n) is 2.27. The quantitative estimate of drug-likeness (QED) is 0.704. The molecule has 0 heterocycles. The van der Waals surface area contributed by atoms with Gasteiger partial charge in [0.1, 0.15) is 0 Å². The van der Waals surface area contributed by atoms with Gasteiger partial charge in [0.05, 0.1) is 12.7 Å². The van der Waals surface area contributed by atoms with Crippen LogP contribution < -0.4 is 0 Å². The Morgan fingerprint density at radius 2 is 2.00 bits per heavy atom. The Hall–Kier alpha value is -0.160. The SMILES string of the molecule is COC1CCC(COC(C)OC)C(CO)C1. The standard InChI is InChI=1S/C12H24O4/c1-9(14-2)16-8-10-4-5-12(15-3)6-11(10)7-13/h9-13H,4-8H2,1-3H3. The maximum Gasteiger partial charge on any atom is 0.154 e. The predicted octanol–water partition coefficient (Wildman–Crippen LogP) is 1.42. The number of ether oxygens (including phenoxy) is 3. The Morgan fingerprint density at radius 1 is 1.25 bits per heavy atom. The summed E-state index contributed by atoms with van der Waals surface area (Å²) in [6, 6.07) is 0. The highest BCUT2D eigenvalue weighted by atomic mass is 16.7. The fourth-order valence-corrected chi connectivity index (χ4v) is 2.27. The van der Waals surface area contributed by atoms with E-state index in [4.69, 9.17) is 14.2 Å². The number of methoxy groups -OCH3 is 2. The van der Waals surface area contributed by atoms with Crippen molar-refractivity contribution in [3.05, 3.63) is 0 Å². The molecular weight excluding hydrogens is 208 g/mol.